The molecule has 6 heteroatoms. The molecule has 0 N–H and O–H groups in total. The zero-order chi connectivity index (χ0) is 28.0. The molecule has 1 fully saturated rings. The molecule has 0 saturated heterocycles. The number of unbranched alkanes of at least 4 members (excludes halogenated alkanes) is 16. The summed E-state index contributed by atoms with van der Waals surface area (Å²) in [6.45, 7) is 2.66. The Morgan fingerprint density at radius 1 is 0.487 bits per heavy atom. The van der Waals surface area contributed by atoms with E-state index in [1.54, 1.807) is 14.2 Å². The summed E-state index contributed by atoms with van der Waals surface area (Å²) in [6.07, 6.45) is 26.5. The van der Waals surface area contributed by atoms with Crippen molar-refractivity contribution in [2.45, 2.75) is 122 Å². The minimum atomic E-state index is -0.366. The van der Waals surface area contributed by atoms with Gasteiger partial charge in [-0.1, -0.05) is 102 Å². The number of allylic oxidation sites excluding steroid dienone is 2. The highest BCUT2D eigenvalue weighted by Crippen LogP contribution is 2.49. The molecule has 2 aliphatic carbocycles. The molecule has 39 heavy (non-hydrogen) atoms. The fourth-order valence-corrected chi connectivity index (χ4v) is 6.17. The average molecular weight is 551 g/mol. The molecule has 226 valence electrons. The van der Waals surface area contributed by atoms with Crippen LogP contribution in [0.4, 0.5) is 0 Å². The van der Waals surface area contributed by atoms with Gasteiger partial charge in [0.15, 0.2) is 0 Å². The lowest BCUT2D eigenvalue weighted by atomic mass is 9.83. The van der Waals surface area contributed by atoms with Gasteiger partial charge >= 0.3 is 11.9 Å². The highest BCUT2D eigenvalue weighted by molar-refractivity contribution is 5.84. The third-order valence-electron chi connectivity index (χ3n) is 8.48. The van der Waals surface area contributed by atoms with Gasteiger partial charge in [0, 0.05) is 27.4 Å². The molecule has 2 rings (SSSR count). The second-order valence-corrected chi connectivity index (χ2v) is 11.7. The van der Waals surface area contributed by atoms with E-state index in [2.05, 4.69) is 12.2 Å². The minimum Gasteiger partial charge on any atom is -0.465 e. The first kappa shape index (κ1) is 33.8. The van der Waals surface area contributed by atoms with Crippen molar-refractivity contribution >= 4 is 11.9 Å². The number of carbonyl (C=O) groups excluding carboxylic acids is 2. The summed E-state index contributed by atoms with van der Waals surface area (Å²) in [7, 11) is 3.52. The van der Waals surface area contributed by atoms with Gasteiger partial charge in [-0.2, -0.15) is 0 Å². The first-order valence-electron chi connectivity index (χ1n) is 16.2. The van der Waals surface area contributed by atoms with Gasteiger partial charge in [0.05, 0.1) is 25.0 Å². The van der Waals surface area contributed by atoms with Crippen molar-refractivity contribution in [2.24, 2.45) is 23.7 Å². The number of fused-ring (bicyclic) bond motifs is 2. The maximum atomic E-state index is 12.9. The molecule has 6 nitrogen and oxygen atoms in total. The summed E-state index contributed by atoms with van der Waals surface area (Å²) in [5, 5.41) is 0. The topological polar surface area (TPSA) is 71.1 Å². The Kier molecular flexibility index (Phi) is 19.3. The van der Waals surface area contributed by atoms with Gasteiger partial charge in [-0.05, 0) is 43.9 Å². The third kappa shape index (κ3) is 14.2. The smallest absolute Gasteiger partial charge is 0.310 e. The van der Waals surface area contributed by atoms with Crippen molar-refractivity contribution in [1.29, 1.82) is 0 Å². The molecule has 2 bridgehead atoms. The molecule has 0 aromatic carbocycles. The van der Waals surface area contributed by atoms with Crippen LogP contribution < -0.4 is 0 Å². The molecule has 0 spiro atoms. The molecular weight excluding hydrogens is 492 g/mol. The lowest BCUT2D eigenvalue weighted by Gasteiger charge is -2.25. The van der Waals surface area contributed by atoms with Gasteiger partial charge in [0.1, 0.15) is 0 Å². The van der Waals surface area contributed by atoms with Crippen LogP contribution in [0.1, 0.15) is 122 Å². The van der Waals surface area contributed by atoms with Crippen molar-refractivity contribution in [2.75, 3.05) is 40.6 Å². The molecule has 0 heterocycles. The van der Waals surface area contributed by atoms with E-state index < -0.39 is 0 Å². The Hall–Kier alpha value is -1.40. The summed E-state index contributed by atoms with van der Waals surface area (Å²) in [5.74, 6) is -0.889. The van der Waals surface area contributed by atoms with Gasteiger partial charge < -0.3 is 18.9 Å². The largest absolute Gasteiger partial charge is 0.465 e. The molecule has 0 radical (unpaired) electrons. The zero-order valence-corrected chi connectivity index (χ0v) is 25.2. The van der Waals surface area contributed by atoms with Crippen molar-refractivity contribution in [3.63, 3.8) is 0 Å². The van der Waals surface area contributed by atoms with Crippen LogP contribution in [0.15, 0.2) is 12.2 Å². The van der Waals surface area contributed by atoms with E-state index >= 15 is 0 Å². The van der Waals surface area contributed by atoms with Crippen LogP contribution in [0.5, 0.6) is 0 Å². The van der Waals surface area contributed by atoms with Crippen LogP contribution in [-0.4, -0.2) is 52.6 Å². The molecule has 0 aromatic heterocycles. The first-order chi connectivity index (χ1) is 19.2. The third-order valence-corrected chi connectivity index (χ3v) is 8.48. The summed E-state index contributed by atoms with van der Waals surface area (Å²) >= 11 is 0. The van der Waals surface area contributed by atoms with Crippen LogP contribution >= 0.6 is 0 Å². The number of esters is 2. The highest BCUT2D eigenvalue weighted by atomic mass is 16.5. The predicted molar refractivity (Wildman–Crippen MR) is 156 cm³/mol. The number of ether oxygens (including phenoxy) is 4. The normalized spacial score (nSPS) is 21.5. The summed E-state index contributed by atoms with van der Waals surface area (Å²) in [6, 6.07) is 0. The lowest BCUT2D eigenvalue weighted by Crippen LogP contribution is -2.35. The summed E-state index contributed by atoms with van der Waals surface area (Å²) in [5.41, 5.74) is 0. The highest BCUT2D eigenvalue weighted by Gasteiger charge is 2.53. The zero-order valence-electron chi connectivity index (χ0n) is 25.2. The number of methoxy groups -OCH3 is 2. The molecular formula is C33H58O6. The molecule has 1 saturated carbocycles. The van der Waals surface area contributed by atoms with E-state index in [1.165, 1.54) is 77.0 Å². The van der Waals surface area contributed by atoms with E-state index in [4.69, 9.17) is 18.9 Å². The number of rotatable bonds is 26. The van der Waals surface area contributed by atoms with Crippen molar-refractivity contribution < 1.29 is 28.5 Å². The Morgan fingerprint density at radius 2 is 0.769 bits per heavy atom. The number of hydrogen-bond donors (Lipinski definition) is 0. The fourth-order valence-electron chi connectivity index (χ4n) is 6.17. The standard InChI is InChI=1S/C33H58O6/c1-36-23-17-13-9-5-3-7-11-15-19-25-38-32(34)30-28-21-22-29(27-28)31(30)33(35)39-26-20-16-12-8-4-6-10-14-18-24-37-2/h21-22,28-31H,3-20,23-27H2,1-2H3/t28-,29+,30-,31-/m0/s1. The van der Waals surface area contributed by atoms with E-state index in [0.717, 1.165) is 58.2 Å². The van der Waals surface area contributed by atoms with Gasteiger partial charge in [-0.25, -0.2) is 0 Å². The van der Waals surface area contributed by atoms with Crippen molar-refractivity contribution in [3.05, 3.63) is 12.2 Å². The van der Waals surface area contributed by atoms with Gasteiger partial charge in [-0.3, -0.25) is 9.59 Å². The summed E-state index contributed by atoms with van der Waals surface area (Å²) < 4.78 is 21.5. The molecule has 0 amide bonds. The van der Waals surface area contributed by atoms with Gasteiger partial charge in [0.25, 0.3) is 0 Å². The van der Waals surface area contributed by atoms with Gasteiger partial charge in [0.2, 0.25) is 0 Å². The Labute approximate surface area is 238 Å². The van der Waals surface area contributed by atoms with Crippen molar-refractivity contribution in [3.8, 4) is 0 Å². The Bertz CT molecular complexity index is 609. The fraction of sp³-hybridized carbons (Fsp3) is 0.879. The second kappa shape index (κ2) is 22.3. The molecule has 0 aromatic rings. The van der Waals surface area contributed by atoms with Crippen LogP contribution in [0.3, 0.4) is 0 Å². The van der Waals surface area contributed by atoms with E-state index in [0.29, 0.717) is 13.2 Å². The number of carbonyl (C=O) groups is 2. The Balaban J connectivity index is 1.51. The second-order valence-electron chi connectivity index (χ2n) is 11.7. The van der Waals surface area contributed by atoms with Crippen LogP contribution in [0.2, 0.25) is 0 Å². The molecule has 4 atom stereocenters. The minimum absolute atomic E-state index is 0.124. The average Bonchev–Trinajstić information content (AvgIpc) is 3.56. The van der Waals surface area contributed by atoms with Crippen LogP contribution in [-0.2, 0) is 28.5 Å². The van der Waals surface area contributed by atoms with Crippen LogP contribution in [0, 0.1) is 23.7 Å². The SMILES string of the molecule is COCCCCCCCCCCCOC(=O)[C@@H]1[C@@H](C(=O)OCCCCCCCCCCCOC)[C@H]2C=C[C@@H]1C2. The summed E-state index contributed by atoms with van der Waals surface area (Å²) in [4.78, 5) is 25.9. The predicted octanol–water partition coefficient (Wildman–Crippen LogP) is 7.83. The van der Waals surface area contributed by atoms with E-state index in [-0.39, 0.29) is 35.6 Å². The molecule has 0 aliphatic heterocycles. The maximum Gasteiger partial charge on any atom is 0.310 e. The first-order valence-corrected chi connectivity index (χ1v) is 16.2. The maximum absolute atomic E-state index is 12.9. The van der Waals surface area contributed by atoms with Gasteiger partial charge in [-0.15, -0.1) is 0 Å². The van der Waals surface area contributed by atoms with E-state index in [1.807, 2.05) is 0 Å². The Morgan fingerprint density at radius 3 is 1.08 bits per heavy atom. The monoisotopic (exact) mass is 550 g/mol. The number of hydrogen-bond acceptors (Lipinski definition) is 6. The molecule has 0 unspecified atom stereocenters. The molecule has 2 aliphatic rings. The quantitative estimate of drug-likeness (QED) is 0.0621. The van der Waals surface area contributed by atoms with E-state index in [9.17, 15) is 9.59 Å². The lowest BCUT2D eigenvalue weighted by molar-refractivity contribution is -0.161. The van der Waals surface area contributed by atoms with Crippen LogP contribution in [0.25, 0.3) is 0 Å². The van der Waals surface area contributed by atoms with Crippen molar-refractivity contribution in [1.82, 2.24) is 0 Å².